The molecule has 4 heteroatoms. The third kappa shape index (κ3) is 2.70. The van der Waals surface area contributed by atoms with Crippen molar-refractivity contribution in [3.8, 4) is 5.75 Å². The van der Waals surface area contributed by atoms with Crippen molar-refractivity contribution < 1.29 is 4.74 Å². The van der Waals surface area contributed by atoms with Crippen LogP contribution in [0.3, 0.4) is 0 Å². The van der Waals surface area contributed by atoms with Gasteiger partial charge in [-0.15, -0.1) is 0 Å². The van der Waals surface area contributed by atoms with Crippen molar-refractivity contribution in [1.29, 1.82) is 0 Å². The van der Waals surface area contributed by atoms with Crippen LogP contribution < -0.4 is 10.1 Å². The van der Waals surface area contributed by atoms with Crippen LogP contribution in [0.25, 0.3) is 0 Å². The predicted molar refractivity (Wildman–Crippen MR) is 81.2 cm³/mol. The number of aromatic nitrogens is 2. The maximum Gasteiger partial charge on any atom is 0.118 e. The molecule has 0 aliphatic rings. The van der Waals surface area contributed by atoms with Crippen molar-refractivity contribution in [1.82, 2.24) is 15.1 Å². The molecule has 4 nitrogen and oxygen atoms in total. The van der Waals surface area contributed by atoms with E-state index in [2.05, 4.69) is 43.3 Å². The molecule has 0 saturated carbocycles. The monoisotopic (exact) mass is 273 g/mol. The maximum atomic E-state index is 5.23. The summed E-state index contributed by atoms with van der Waals surface area (Å²) in [4.78, 5) is 0. The fourth-order valence-electron chi connectivity index (χ4n) is 2.59. The number of benzene rings is 1. The lowest BCUT2D eigenvalue weighted by Gasteiger charge is -2.19. The molecule has 0 saturated heterocycles. The van der Waals surface area contributed by atoms with Crippen LogP contribution in [0.1, 0.15) is 35.5 Å². The van der Waals surface area contributed by atoms with E-state index in [1.165, 1.54) is 16.8 Å². The first-order valence-corrected chi connectivity index (χ1v) is 6.95. The van der Waals surface area contributed by atoms with Gasteiger partial charge in [-0.25, -0.2) is 0 Å². The summed E-state index contributed by atoms with van der Waals surface area (Å²) >= 11 is 0. The SMILES string of the molecule is CCNC(c1ccc(OC)cc1)c1c(C)nn(C)c1C. The van der Waals surface area contributed by atoms with Gasteiger partial charge < -0.3 is 10.1 Å². The highest BCUT2D eigenvalue weighted by atomic mass is 16.5. The first kappa shape index (κ1) is 14.6. The average Bonchev–Trinajstić information content (AvgIpc) is 2.70. The molecule has 0 aliphatic carbocycles. The largest absolute Gasteiger partial charge is 0.497 e. The van der Waals surface area contributed by atoms with Gasteiger partial charge in [0, 0.05) is 18.3 Å². The molecule has 0 fully saturated rings. The maximum absolute atomic E-state index is 5.23. The molecule has 108 valence electrons. The lowest BCUT2D eigenvalue weighted by atomic mass is 9.97. The second kappa shape index (κ2) is 6.09. The third-order valence-corrected chi connectivity index (χ3v) is 3.71. The van der Waals surface area contributed by atoms with Crippen LogP contribution >= 0.6 is 0 Å². The van der Waals surface area contributed by atoms with Gasteiger partial charge in [-0.2, -0.15) is 5.10 Å². The number of methoxy groups -OCH3 is 1. The first-order chi connectivity index (χ1) is 9.58. The van der Waals surface area contributed by atoms with Crippen LogP contribution in [0, 0.1) is 13.8 Å². The summed E-state index contributed by atoms with van der Waals surface area (Å²) in [5.41, 5.74) is 4.77. The summed E-state index contributed by atoms with van der Waals surface area (Å²) < 4.78 is 7.17. The van der Waals surface area contributed by atoms with Gasteiger partial charge in [0.05, 0.1) is 18.8 Å². The topological polar surface area (TPSA) is 39.1 Å². The lowest BCUT2D eigenvalue weighted by Crippen LogP contribution is -2.23. The minimum absolute atomic E-state index is 0.166. The molecule has 1 unspecified atom stereocenters. The Labute approximate surface area is 120 Å². The molecule has 1 aromatic carbocycles. The average molecular weight is 273 g/mol. The molecular weight excluding hydrogens is 250 g/mol. The van der Waals surface area contributed by atoms with Crippen LogP contribution in [0.2, 0.25) is 0 Å². The van der Waals surface area contributed by atoms with Crippen molar-refractivity contribution in [2.75, 3.05) is 13.7 Å². The van der Waals surface area contributed by atoms with Crippen LogP contribution in [-0.4, -0.2) is 23.4 Å². The molecule has 2 aromatic rings. The highest BCUT2D eigenvalue weighted by molar-refractivity contribution is 5.39. The van der Waals surface area contributed by atoms with E-state index in [1.807, 2.05) is 23.9 Å². The Balaban J connectivity index is 2.44. The third-order valence-electron chi connectivity index (χ3n) is 3.71. The number of aryl methyl sites for hydroxylation is 2. The van der Waals surface area contributed by atoms with Crippen molar-refractivity contribution in [3.63, 3.8) is 0 Å². The molecule has 20 heavy (non-hydrogen) atoms. The minimum Gasteiger partial charge on any atom is -0.497 e. The van der Waals surface area contributed by atoms with E-state index < -0.39 is 0 Å². The van der Waals surface area contributed by atoms with Crippen molar-refractivity contribution in [2.45, 2.75) is 26.8 Å². The molecule has 1 atom stereocenters. The van der Waals surface area contributed by atoms with Gasteiger partial charge in [0.2, 0.25) is 0 Å². The molecule has 0 amide bonds. The van der Waals surface area contributed by atoms with Gasteiger partial charge in [-0.1, -0.05) is 19.1 Å². The van der Waals surface area contributed by atoms with Crippen molar-refractivity contribution in [2.24, 2.45) is 7.05 Å². The van der Waals surface area contributed by atoms with Crippen LogP contribution in [-0.2, 0) is 7.05 Å². The molecule has 1 N–H and O–H groups in total. The zero-order valence-electron chi connectivity index (χ0n) is 12.9. The Morgan fingerprint density at radius 3 is 2.35 bits per heavy atom. The molecule has 0 bridgehead atoms. The van der Waals surface area contributed by atoms with Gasteiger partial charge in [-0.05, 0) is 38.1 Å². The number of ether oxygens (including phenoxy) is 1. The van der Waals surface area contributed by atoms with Crippen LogP contribution in [0.5, 0.6) is 5.75 Å². The molecule has 0 spiro atoms. The van der Waals surface area contributed by atoms with E-state index >= 15 is 0 Å². The van der Waals surface area contributed by atoms with Crippen molar-refractivity contribution >= 4 is 0 Å². The summed E-state index contributed by atoms with van der Waals surface area (Å²) in [6.45, 7) is 7.21. The Bertz CT molecular complexity index is 572. The summed E-state index contributed by atoms with van der Waals surface area (Å²) in [6.07, 6.45) is 0. The number of nitrogens with zero attached hydrogens (tertiary/aromatic N) is 2. The van der Waals surface area contributed by atoms with Gasteiger partial charge in [-0.3, -0.25) is 4.68 Å². The van der Waals surface area contributed by atoms with E-state index in [9.17, 15) is 0 Å². The standard InChI is InChI=1S/C16H23N3O/c1-6-17-16(13-7-9-14(20-5)10-8-13)15-11(2)18-19(4)12(15)3/h7-10,16-17H,6H2,1-5H3. The van der Waals surface area contributed by atoms with Crippen LogP contribution in [0.4, 0.5) is 0 Å². The zero-order valence-corrected chi connectivity index (χ0v) is 12.9. The first-order valence-electron chi connectivity index (χ1n) is 6.95. The second-order valence-corrected chi connectivity index (χ2v) is 4.97. The molecule has 1 heterocycles. The molecular formula is C16H23N3O. The number of rotatable bonds is 5. The van der Waals surface area contributed by atoms with E-state index in [1.54, 1.807) is 7.11 Å². The fourth-order valence-corrected chi connectivity index (χ4v) is 2.59. The van der Waals surface area contributed by atoms with E-state index in [0.717, 1.165) is 18.0 Å². The fraction of sp³-hybridized carbons (Fsp3) is 0.438. The summed E-state index contributed by atoms with van der Waals surface area (Å²) in [5.74, 6) is 0.878. The van der Waals surface area contributed by atoms with Crippen LogP contribution in [0.15, 0.2) is 24.3 Å². The predicted octanol–water partition coefficient (Wildman–Crippen LogP) is 2.74. The van der Waals surface area contributed by atoms with E-state index in [0.29, 0.717) is 0 Å². The highest BCUT2D eigenvalue weighted by Crippen LogP contribution is 2.28. The quantitative estimate of drug-likeness (QED) is 0.910. The Hall–Kier alpha value is -1.81. The Morgan fingerprint density at radius 2 is 1.90 bits per heavy atom. The lowest BCUT2D eigenvalue weighted by molar-refractivity contribution is 0.414. The smallest absolute Gasteiger partial charge is 0.118 e. The number of hydrogen-bond donors (Lipinski definition) is 1. The summed E-state index contributed by atoms with van der Waals surface area (Å²) in [5, 5.41) is 8.08. The Morgan fingerprint density at radius 1 is 1.25 bits per heavy atom. The van der Waals surface area contributed by atoms with Gasteiger partial charge >= 0.3 is 0 Å². The van der Waals surface area contributed by atoms with Gasteiger partial charge in [0.1, 0.15) is 5.75 Å². The molecule has 0 aliphatic heterocycles. The number of nitrogens with one attached hydrogen (secondary N) is 1. The van der Waals surface area contributed by atoms with Gasteiger partial charge in [0.15, 0.2) is 0 Å². The minimum atomic E-state index is 0.166. The van der Waals surface area contributed by atoms with Gasteiger partial charge in [0.25, 0.3) is 0 Å². The number of hydrogen-bond acceptors (Lipinski definition) is 3. The summed E-state index contributed by atoms with van der Waals surface area (Å²) in [7, 11) is 3.68. The summed E-state index contributed by atoms with van der Waals surface area (Å²) in [6, 6.07) is 8.39. The van der Waals surface area contributed by atoms with E-state index in [4.69, 9.17) is 4.74 Å². The second-order valence-electron chi connectivity index (χ2n) is 4.97. The van der Waals surface area contributed by atoms with E-state index in [-0.39, 0.29) is 6.04 Å². The van der Waals surface area contributed by atoms with Crippen molar-refractivity contribution in [3.05, 3.63) is 46.8 Å². The molecule has 0 radical (unpaired) electrons. The normalized spacial score (nSPS) is 12.4. The molecule has 2 rings (SSSR count). The highest BCUT2D eigenvalue weighted by Gasteiger charge is 2.21. The molecule has 1 aromatic heterocycles. The Kier molecular flexibility index (Phi) is 4.45. The zero-order chi connectivity index (χ0) is 14.7.